The molecule has 0 aliphatic rings. The van der Waals surface area contributed by atoms with Gasteiger partial charge in [-0.15, -0.1) is 11.6 Å². The molecule has 0 radical (unpaired) electrons. The topological polar surface area (TPSA) is 12.0 Å². The van der Waals surface area contributed by atoms with Gasteiger partial charge in [-0.2, -0.15) is 0 Å². The van der Waals surface area contributed by atoms with Gasteiger partial charge in [0.1, 0.15) is 0 Å². The van der Waals surface area contributed by atoms with E-state index in [4.69, 9.17) is 11.6 Å². The van der Waals surface area contributed by atoms with Gasteiger partial charge in [0.15, 0.2) is 0 Å². The van der Waals surface area contributed by atoms with Gasteiger partial charge in [0.05, 0.1) is 0 Å². The first-order chi connectivity index (χ1) is 5.20. The highest BCUT2D eigenvalue weighted by Gasteiger charge is 2.02. The van der Waals surface area contributed by atoms with E-state index < -0.39 is 0 Å². The molecule has 0 spiro atoms. The van der Waals surface area contributed by atoms with E-state index in [1.54, 1.807) is 0 Å². The maximum Gasteiger partial charge on any atom is 0.0377 e. The van der Waals surface area contributed by atoms with Gasteiger partial charge in [-0.05, 0) is 25.3 Å². The maximum absolute atomic E-state index is 5.72. The molecule has 0 aliphatic heterocycles. The fourth-order valence-corrected chi connectivity index (χ4v) is 1.21. The van der Waals surface area contributed by atoms with Gasteiger partial charge < -0.3 is 5.32 Å². The van der Waals surface area contributed by atoms with E-state index in [0.717, 1.165) is 24.8 Å². The van der Waals surface area contributed by atoms with Crippen LogP contribution in [0.2, 0.25) is 0 Å². The summed E-state index contributed by atoms with van der Waals surface area (Å²) in [6, 6.07) is 0.510. The van der Waals surface area contributed by atoms with Crippen LogP contribution in [0.3, 0.4) is 0 Å². The smallest absolute Gasteiger partial charge is 0.0377 e. The second kappa shape index (κ2) is 6.93. The summed E-state index contributed by atoms with van der Waals surface area (Å²) < 4.78 is 0. The molecule has 0 bridgehead atoms. The Balaban J connectivity index is 3.21. The van der Waals surface area contributed by atoms with Crippen molar-refractivity contribution in [2.45, 2.75) is 39.7 Å². The Kier molecular flexibility index (Phi) is 7.09. The fraction of sp³-hybridized carbons (Fsp3) is 1.00. The van der Waals surface area contributed by atoms with Crippen LogP contribution < -0.4 is 5.32 Å². The number of alkyl halides is 1. The summed E-state index contributed by atoms with van der Waals surface area (Å²) in [5.41, 5.74) is 0. The first-order valence-electron chi connectivity index (χ1n) is 4.50. The molecule has 0 aliphatic carbocycles. The maximum atomic E-state index is 5.72. The van der Waals surface area contributed by atoms with Crippen LogP contribution in [0.1, 0.15) is 33.6 Å². The highest BCUT2D eigenvalue weighted by atomic mass is 35.5. The minimum absolute atomic E-state index is 0.510. The lowest BCUT2D eigenvalue weighted by atomic mass is 10.1. The van der Waals surface area contributed by atoms with Crippen LogP contribution in [0.25, 0.3) is 0 Å². The third-order valence-corrected chi connectivity index (χ3v) is 2.21. The first-order valence-corrected chi connectivity index (χ1v) is 5.03. The van der Waals surface area contributed by atoms with Crippen LogP contribution in [0, 0.1) is 5.92 Å². The highest BCUT2D eigenvalue weighted by Crippen LogP contribution is 1.99. The lowest BCUT2D eigenvalue weighted by Gasteiger charge is -2.14. The van der Waals surface area contributed by atoms with E-state index in [9.17, 15) is 0 Å². The van der Waals surface area contributed by atoms with Crippen molar-refractivity contribution in [2.75, 3.05) is 12.4 Å². The number of nitrogens with one attached hydrogen (secondary N) is 1. The Hall–Kier alpha value is 0.250. The zero-order valence-corrected chi connectivity index (χ0v) is 8.62. The first kappa shape index (κ1) is 11.2. The molecule has 11 heavy (non-hydrogen) atoms. The molecule has 0 saturated heterocycles. The highest BCUT2D eigenvalue weighted by molar-refractivity contribution is 6.18. The monoisotopic (exact) mass is 177 g/mol. The molecule has 0 fully saturated rings. The second-order valence-electron chi connectivity index (χ2n) is 3.40. The standard InChI is InChI=1S/C9H20ClN/c1-4-9(7-10)11-6-5-8(2)3/h8-9,11H,4-7H2,1-3H3. The number of hydrogen-bond acceptors (Lipinski definition) is 1. The summed E-state index contributed by atoms with van der Waals surface area (Å²) in [7, 11) is 0. The van der Waals surface area contributed by atoms with E-state index >= 15 is 0 Å². The molecule has 0 aromatic heterocycles. The van der Waals surface area contributed by atoms with Crippen LogP contribution >= 0.6 is 11.6 Å². The number of hydrogen-bond donors (Lipinski definition) is 1. The van der Waals surface area contributed by atoms with Gasteiger partial charge in [0, 0.05) is 11.9 Å². The summed E-state index contributed by atoms with van der Waals surface area (Å²) in [5.74, 6) is 1.52. The predicted molar refractivity (Wildman–Crippen MR) is 52.3 cm³/mol. The molecule has 0 heterocycles. The van der Waals surface area contributed by atoms with Crippen molar-refractivity contribution in [1.82, 2.24) is 5.32 Å². The number of halogens is 1. The van der Waals surface area contributed by atoms with Crippen LogP contribution in [0.4, 0.5) is 0 Å². The quantitative estimate of drug-likeness (QED) is 0.616. The molecule has 0 aromatic carbocycles. The van der Waals surface area contributed by atoms with Crippen LogP contribution in [0.15, 0.2) is 0 Å². The fourth-order valence-electron chi connectivity index (χ4n) is 0.884. The minimum atomic E-state index is 0.510. The average molecular weight is 178 g/mol. The molecule has 1 N–H and O–H groups in total. The van der Waals surface area contributed by atoms with Gasteiger partial charge in [0.2, 0.25) is 0 Å². The molecule has 0 aromatic rings. The van der Waals surface area contributed by atoms with E-state index in [1.165, 1.54) is 6.42 Å². The molecule has 0 saturated carbocycles. The van der Waals surface area contributed by atoms with Gasteiger partial charge in [-0.25, -0.2) is 0 Å². The Labute approximate surface area is 75.5 Å². The molecular formula is C9H20ClN. The van der Waals surface area contributed by atoms with E-state index in [0.29, 0.717) is 6.04 Å². The molecule has 2 heteroatoms. The van der Waals surface area contributed by atoms with Crippen molar-refractivity contribution < 1.29 is 0 Å². The lowest BCUT2D eigenvalue weighted by molar-refractivity contribution is 0.482. The van der Waals surface area contributed by atoms with Crippen LogP contribution in [-0.4, -0.2) is 18.5 Å². The van der Waals surface area contributed by atoms with Gasteiger partial charge in [0.25, 0.3) is 0 Å². The van der Waals surface area contributed by atoms with Crippen molar-refractivity contribution in [1.29, 1.82) is 0 Å². The molecule has 1 unspecified atom stereocenters. The molecule has 0 rings (SSSR count). The Morgan fingerprint density at radius 1 is 1.36 bits per heavy atom. The van der Waals surface area contributed by atoms with Crippen molar-refractivity contribution >= 4 is 11.6 Å². The SMILES string of the molecule is CCC(CCl)NCCC(C)C. The van der Waals surface area contributed by atoms with E-state index in [-0.39, 0.29) is 0 Å². The largest absolute Gasteiger partial charge is 0.313 e. The second-order valence-corrected chi connectivity index (χ2v) is 3.70. The molecule has 1 atom stereocenters. The molecule has 68 valence electrons. The molecule has 0 amide bonds. The predicted octanol–water partition coefficient (Wildman–Crippen LogP) is 2.64. The summed E-state index contributed by atoms with van der Waals surface area (Å²) in [5, 5.41) is 3.42. The van der Waals surface area contributed by atoms with Crippen molar-refractivity contribution in [2.24, 2.45) is 5.92 Å². The van der Waals surface area contributed by atoms with Gasteiger partial charge in [-0.1, -0.05) is 20.8 Å². The Morgan fingerprint density at radius 2 is 2.00 bits per heavy atom. The van der Waals surface area contributed by atoms with Crippen molar-refractivity contribution in [3.63, 3.8) is 0 Å². The van der Waals surface area contributed by atoms with Gasteiger partial charge >= 0.3 is 0 Å². The summed E-state index contributed by atoms with van der Waals surface area (Å²) in [6.45, 7) is 7.74. The third-order valence-electron chi connectivity index (χ3n) is 1.83. The van der Waals surface area contributed by atoms with E-state index in [1.807, 2.05) is 0 Å². The molecular weight excluding hydrogens is 158 g/mol. The van der Waals surface area contributed by atoms with Crippen LogP contribution in [0.5, 0.6) is 0 Å². The van der Waals surface area contributed by atoms with Crippen molar-refractivity contribution in [3.8, 4) is 0 Å². The Bertz CT molecular complexity index is 79.6. The summed E-state index contributed by atoms with van der Waals surface area (Å²) in [6.07, 6.45) is 2.37. The zero-order chi connectivity index (χ0) is 8.69. The van der Waals surface area contributed by atoms with Crippen LogP contribution in [-0.2, 0) is 0 Å². The van der Waals surface area contributed by atoms with Gasteiger partial charge in [-0.3, -0.25) is 0 Å². The van der Waals surface area contributed by atoms with Crippen molar-refractivity contribution in [3.05, 3.63) is 0 Å². The minimum Gasteiger partial charge on any atom is -0.313 e. The molecule has 1 nitrogen and oxygen atoms in total. The average Bonchev–Trinajstić information content (AvgIpc) is 1.98. The Morgan fingerprint density at radius 3 is 2.36 bits per heavy atom. The number of rotatable bonds is 6. The summed E-state index contributed by atoms with van der Waals surface area (Å²) >= 11 is 5.72. The zero-order valence-electron chi connectivity index (χ0n) is 7.86. The third kappa shape index (κ3) is 6.64. The van der Waals surface area contributed by atoms with E-state index in [2.05, 4.69) is 26.1 Å². The summed E-state index contributed by atoms with van der Waals surface area (Å²) in [4.78, 5) is 0. The normalized spacial score (nSPS) is 13.9. The lowest BCUT2D eigenvalue weighted by Crippen LogP contribution is -2.31.